The van der Waals surface area contributed by atoms with E-state index in [0.717, 1.165) is 21.5 Å². The predicted molar refractivity (Wildman–Crippen MR) is 70.2 cm³/mol. The summed E-state index contributed by atoms with van der Waals surface area (Å²) in [6, 6.07) is 11.8. The minimum atomic E-state index is -0.0542. The van der Waals surface area contributed by atoms with Gasteiger partial charge in [0.2, 0.25) is 0 Å². The van der Waals surface area contributed by atoms with Crippen LogP contribution >= 0.6 is 15.9 Å². The topological polar surface area (TPSA) is 31.2 Å². The van der Waals surface area contributed by atoms with Crippen LogP contribution in [0.1, 0.15) is 0 Å². The molecule has 5 heteroatoms. The molecular weight excluding hydrogens is 371 g/mol. The first kappa shape index (κ1) is 15.6. The average molecular weight is 382 g/mol. The zero-order chi connectivity index (χ0) is 12.4. The van der Waals surface area contributed by atoms with Crippen LogP contribution in [-0.4, -0.2) is 11.7 Å². The fraction of sp³-hybridized carbons (Fsp3) is 0.154. The van der Waals surface area contributed by atoms with Gasteiger partial charge < -0.3 is 9.30 Å². The van der Waals surface area contributed by atoms with Gasteiger partial charge in [-0.25, -0.2) is 0 Å². The minimum Gasteiger partial charge on any atom is -0.497 e. The molecule has 3 nitrogen and oxygen atoms in total. The third-order valence-corrected chi connectivity index (χ3v) is 3.20. The van der Waals surface area contributed by atoms with Crippen molar-refractivity contribution in [3.8, 4) is 17.0 Å². The number of hydrogen-bond donors (Lipinski definition) is 0. The monoisotopic (exact) mass is 381 g/mol. The van der Waals surface area contributed by atoms with Gasteiger partial charge in [-0.1, -0.05) is 33.3 Å². The van der Waals surface area contributed by atoms with Crippen molar-refractivity contribution >= 4 is 15.9 Å². The van der Waals surface area contributed by atoms with Crippen LogP contribution in [0.4, 0.5) is 0 Å². The van der Waals surface area contributed by atoms with Crippen molar-refractivity contribution in [2.24, 2.45) is 7.05 Å². The fourth-order valence-corrected chi connectivity index (χ4v) is 2.13. The number of hydrogen-bond acceptors (Lipinski definition) is 2. The van der Waals surface area contributed by atoms with Gasteiger partial charge in [0.05, 0.1) is 7.11 Å². The Morgan fingerprint density at radius 2 is 2.06 bits per heavy atom. The Bertz CT molecular complexity index is 610. The maximum Gasteiger partial charge on any atom is 0.194 e. The van der Waals surface area contributed by atoms with Crippen molar-refractivity contribution in [1.29, 1.82) is 0 Å². The SMILES string of the molecule is COc1ccc(-c2[c-]ccc(=O)n2C)c(Br)c1.[Y]. The number of aromatic nitrogens is 1. The van der Waals surface area contributed by atoms with Crippen LogP contribution in [-0.2, 0) is 39.8 Å². The molecule has 1 aromatic heterocycles. The molecule has 0 aliphatic carbocycles. The van der Waals surface area contributed by atoms with Crippen molar-refractivity contribution in [2.45, 2.75) is 0 Å². The van der Waals surface area contributed by atoms with Crippen LogP contribution in [0.2, 0.25) is 0 Å². The van der Waals surface area contributed by atoms with E-state index in [9.17, 15) is 4.79 Å². The number of methoxy groups -OCH3 is 1. The molecule has 91 valence electrons. The first-order valence-corrected chi connectivity index (χ1v) is 5.84. The van der Waals surface area contributed by atoms with Gasteiger partial charge in [-0.2, -0.15) is 12.1 Å². The van der Waals surface area contributed by atoms with E-state index in [1.54, 1.807) is 24.8 Å². The van der Waals surface area contributed by atoms with Crippen LogP contribution < -0.4 is 10.3 Å². The quantitative estimate of drug-likeness (QED) is 0.749. The van der Waals surface area contributed by atoms with E-state index in [1.165, 1.54) is 6.07 Å². The van der Waals surface area contributed by atoms with Crippen LogP contribution in [0.25, 0.3) is 11.3 Å². The molecule has 2 aromatic rings. The fourth-order valence-electron chi connectivity index (χ4n) is 1.58. The first-order chi connectivity index (χ1) is 8.13. The minimum absolute atomic E-state index is 0. The van der Waals surface area contributed by atoms with E-state index in [1.807, 2.05) is 18.2 Å². The smallest absolute Gasteiger partial charge is 0.194 e. The maximum atomic E-state index is 11.6. The zero-order valence-corrected chi connectivity index (χ0v) is 14.5. The molecule has 0 amide bonds. The summed E-state index contributed by atoms with van der Waals surface area (Å²) in [6.07, 6.45) is 0. The van der Waals surface area contributed by atoms with E-state index in [4.69, 9.17) is 4.74 Å². The molecule has 1 heterocycles. The van der Waals surface area contributed by atoms with E-state index < -0.39 is 0 Å². The number of benzene rings is 1. The molecule has 0 spiro atoms. The Kier molecular flexibility index (Phi) is 5.76. The third-order valence-electron chi connectivity index (χ3n) is 2.54. The second kappa shape index (κ2) is 6.64. The van der Waals surface area contributed by atoms with Crippen molar-refractivity contribution < 1.29 is 37.4 Å². The molecule has 0 unspecified atom stereocenters. The Hall–Kier alpha value is -0.446. The van der Waals surface area contributed by atoms with Crippen LogP contribution in [0.15, 0.2) is 39.6 Å². The van der Waals surface area contributed by atoms with Crippen LogP contribution in [0.5, 0.6) is 5.75 Å². The van der Waals surface area contributed by atoms with E-state index in [-0.39, 0.29) is 38.3 Å². The molecule has 0 bridgehead atoms. The standard InChI is InChI=1S/C13H11BrNO2.Y/c1-15-12(4-3-5-13(15)16)10-7-6-9(17-2)8-11(10)14;/h3,5-8H,1-2H3;/q-1;. The molecule has 2 rings (SSSR count). The zero-order valence-electron chi connectivity index (χ0n) is 10.1. The molecule has 18 heavy (non-hydrogen) atoms. The van der Waals surface area contributed by atoms with Gasteiger partial charge in [-0.05, 0) is 16.6 Å². The summed E-state index contributed by atoms with van der Waals surface area (Å²) in [4.78, 5) is 11.6. The van der Waals surface area contributed by atoms with Crippen molar-refractivity contribution in [2.75, 3.05) is 7.11 Å². The molecule has 0 N–H and O–H groups in total. The second-order valence-electron chi connectivity index (χ2n) is 3.57. The van der Waals surface area contributed by atoms with Crippen LogP contribution in [0, 0.1) is 6.07 Å². The summed E-state index contributed by atoms with van der Waals surface area (Å²) >= 11 is 3.47. The van der Waals surface area contributed by atoms with E-state index in [2.05, 4.69) is 22.0 Å². The van der Waals surface area contributed by atoms with E-state index >= 15 is 0 Å². The van der Waals surface area contributed by atoms with Crippen molar-refractivity contribution in [1.82, 2.24) is 4.57 Å². The molecule has 1 radical (unpaired) electrons. The number of rotatable bonds is 2. The molecule has 0 saturated carbocycles. The Labute approximate surface area is 139 Å². The predicted octanol–water partition coefficient (Wildman–Crippen LogP) is 2.62. The normalized spacial score (nSPS) is 9.72. The molecular formula is C13H11BrNO2Y-. The van der Waals surface area contributed by atoms with Crippen molar-refractivity contribution in [3.05, 3.63) is 51.2 Å². The summed E-state index contributed by atoms with van der Waals surface area (Å²) in [5, 5.41) is 0. The average Bonchev–Trinajstić information content (AvgIpc) is 2.33. The first-order valence-electron chi connectivity index (χ1n) is 5.05. The van der Waals surface area contributed by atoms with Gasteiger partial charge in [0.1, 0.15) is 5.75 Å². The number of ether oxygens (including phenoxy) is 1. The van der Waals surface area contributed by atoms with Gasteiger partial charge in [-0.15, -0.1) is 6.07 Å². The Morgan fingerprint density at radius 1 is 1.33 bits per heavy atom. The number of halogens is 1. The molecule has 0 atom stereocenters. The summed E-state index contributed by atoms with van der Waals surface area (Å²) in [5.74, 6) is 0.765. The summed E-state index contributed by atoms with van der Waals surface area (Å²) in [5.41, 5.74) is 1.60. The molecule has 0 saturated heterocycles. The number of pyridine rings is 1. The van der Waals surface area contributed by atoms with Gasteiger partial charge in [0.25, 0.3) is 0 Å². The Balaban J connectivity index is 0.00000162. The number of nitrogens with zero attached hydrogens (tertiary/aromatic N) is 1. The summed E-state index contributed by atoms with van der Waals surface area (Å²) in [7, 11) is 3.34. The largest absolute Gasteiger partial charge is 0.497 e. The van der Waals surface area contributed by atoms with E-state index in [0.29, 0.717) is 0 Å². The van der Waals surface area contributed by atoms with Gasteiger partial charge in [0, 0.05) is 39.8 Å². The van der Waals surface area contributed by atoms with Gasteiger partial charge in [0.15, 0.2) is 5.56 Å². The summed E-state index contributed by atoms with van der Waals surface area (Å²) < 4.78 is 7.56. The third kappa shape index (κ3) is 3.11. The summed E-state index contributed by atoms with van der Waals surface area (Å²) in [6.45, 7) is 0. The molecule has 0 aliphatic heterocycles. The Morgan fingerprint density at radius 3 is 2.67 bits per heavy atom. The van der Waals surface area contributed by atoms with Crippen LogP contribution in [0.3, 0.4) is 0 Å². The van der Waals surface area contributed by atoms with Gasteiger partial charge >= 0.3 is 0 Å². The maximum absolute atomic E-state index is 11.6. The molecule has 0 fully saturated rings. The van der Waals surface area contributed by atoms with Gasteiger partial charge in [-0.3, -0.25) is 4.79 Å². The van der Waals surface area contributed by atoms with Crippen molar-refractivity contribution in [3.63, 3.8) is 0 Å². The molecule has 0 aliphatic rings. The molecule has 1 aromatic carbocycles. The second-order valence-corrected chi connectivity index (χ2v) is 4.42.